The van der Waals surface area contributed by atoms with Gasteiger partial charge < -0.3 is 18.9 Å². The second-order valence-electron chi connectivity index (χ2n) is 7.88. The average Bonchev–Trinajstić information content (AvgIpc) is 2.83. The number of rotatable bonds is 9. The van der Waals surface area contributed by atoms with Gasteiger partial charge in [-0.15, -0.1) is 0 Å². The molecule has 5 nitrogen and oxygen atoms in total. The summed E-state index contributed by atoms with van der Waals surface area (Å²) in [6, 6.07) is 29.5. The third kappa shape index (κ3) is 5.82. The molecule has 3 aromatic carbocycles. The Morgan fingerprint density at radius 2 is 1.03 bits per heavy atom. The van der Waals surface area contributed by atoms with Gasteiger partial charge in [0.2, 0.25) is 0 Å². The highest BCUT2D eigenvalue weighted by Gasteiger charge is 2.47. The monoisotopic (exact) mass is 432 g/mol. The smallest absolute Gasteiger partial charge is 0.338 e. The number of hydrogen-bond acceptors (Lipinski definition) is 5. The zero-order valence-corrected chi connectivity index (χ0v) is 18.1. The fraction of sp³-hybridized carbons (Fsp3) is 0.296. The molecule has 0 unspecified atom stereocenters. The van der Waals surface area contributed by atoms with E-state index < -0.39 is 30.4 Å². The lowest BCUT2D eigenvalue weighted by molar-refractivity contribution is -0.230. The van der Waals surface area contributed by atoms with E-state index in [9.17, 15) is 4.79 Å². The van der Waals surface area contributed by atoms with Crippen LogP contribution in [0.15, 0.2) is 91.0 Å². The Morgan fingerprint density at radius 1 is 0.625 bits per heavy atom. The molecule has 0 aromatic heterocycles. The highest BCUT2D eigenvalue weighted by molar-refractivity contribution is 5.77. The van der Waals surface area contributed by atoms with Crippen LogP contribution >= 0.6 is 0 Å². The second-order valence-corrected chi connectivity index (χ2v) is 7.88. The highest BCUT2D eigenvalue weighted by Crippen LogP contribution is 2.27. The molecule has 166 valence electrons. The van der Waals surface area contributed by atoms with Gasteiger partial charge in [0.05, 0.1) is 19.8 Å². The van der Waals surface area contributed by atoms with Crippen LogP contribution in [0.3, 0.4) is 0 Å². The quantitative estimate of drug-likeness (QED) is 0.459. The average molecular weight is 433 g/mol. The predicted octanol–water partition coefficient (Wildman–Crippen LogP) is 4.69. The van der Waals surface area contributed by atoms with Crippen LogP contribution in [0.1, 0.15) is 23.6 Å². The van der Waals surface area contributed by atoms with E-state index >= 15 is 0 Å². The van der Waals surface area contributed by atoms with Gasteiger partial charge in [0.15, 0.2) is 6.10 Å². The van der Waals surface area contributed by atoms with Gasteiger partial charge in [0.1, 0.15) is 18.3 Å². The van der Waals surface area contributed by atoms with Gasteiger partial charge in [-0.25, -0.2) is 4.79 Å². The molecule has 3 aromatic rings. The van der Waals surface area contributed by atoms with Crippen molar-refractivity contribution in [2.45, 2.75) is 51.2 Å². The SMILES string of the molecule is C[C@@H]1OC(=O)[C@@H](OCc2ccccc2)[C@H](OCc2ccccc2)[C@H]1OCc1ccccc1. The van der Waals surface area contributed by atoms with Gasteiger partial charge in [-0.3, -0.25) is 0 Å². The van der Waals surface area contributed by atoms with Crippen molar-refractivity contribution in [3.63, 3.8) is 0 Å². The summed E-state index contributed by atoms with van der Waals surface area (Å²) in [4.78, 5) is 12.8. The molecule has 4 rings (SSSR count). The number of carbonyl (C=O) groups excluding carboxylic acids is 1. The van der Waals surface area contributed by atoms with E-state index in [4.69, 9.17) is 18.9 Å². The first-order valence-corrected chi connectivity index (χ1v) is 10.9. The molecule has 32 heavy (non-hydrogen) atoms. The number of ether oxygens (including phenoxy) is 4. The van der Waals surface area contributed by atoms with Crippen LogP contribution in [-0.2, 0) is 43.6 Å². The van der Waals surface area contributed by atoms with Crippen LogP contribution in [0.4, 0.5) is 0 Å². The van der Waals surface area contributed by atoms with Crippen molar-refractivity contribution in [2.75, 3.05) is 0 Å². The minimum absolute atomic E-state index is 0.283. The first-order valence-electron chi connectivity index (χ1n) is 10.9. The topological polar surface area (TPSA) is 54.0 Å². The van der Waals surface area contributed by atoms with E-state index in [1.165, 1.54) is 0 Å². The normalized spacial score (nSPS) is 23.0. The lowest BCUT2D eigenvalue weighted by Crippen LogP contribution is -2.57. The van der Waals surface area contributed by atoms with Gasteiger partial charge >= 0.3 is 5.97 Å². The van der Waals surface area contributed by atoms with Gasteiger partial charge in [0.25, 0.3) is 0 Å². The summed E-state index contributed by atoms with van der Waals surface area (Å²) in [5.41, 5.74) is 3.03. The molecule has 0 bridgehead atoms. The van der Waals surface area contributed by atoms with E-state index in [1.54, 1.807) is 0 Å². The van der Waals surface area contributed by atoms with Crippen LogP contribution < -0.4 is 0 Å². The summed E-state index contributed by atoms with van der Waals surface area (Å²) in [5, 5.41) is 0. The Morgan fingerprint density at radius 3 is 1.50 bits per heavy atom. The van der Waals surface area contributed by atoms with E-state index in [0.29, 0.717) is 13.2 Å². The number of benzene rings is 3. The van der Waals surface area contributed by atoms with Crippen molar-refractivity contribution in [1.29, 1.82) is 0 Å². The van der Waals surface area contributed by atoms with E-state index in [1.807, 2.05) is 97.9 Å². The molecule has 0 N–H and O–H groups in total. The minimum Gasteiger partial charge on any atom is -0.458 e. The largest absolute Gasteiger partial charge is 0.458 e. The maximum atomic E-state index is 12.8. The summed E-state index contributed by atoms with van der Waals surface area (Å²) < 4.78 is 24.1. The molecule has 0 saturated carbocycles. The molecule has 1 saturated heterocycles. The molecule has 0 amide bonds. The maximum absolute atomic E-state index is 12.8. The third-order valence-corrected chi connectivity index (χ3v) is 5.46. The van der Waals surface area contributed by atoms with Crippen molar-refractivity contribution in [3.05, 3.63) is 108 Å². The zero-order chi connectivity index (χ0) is 22.2. The summed E-state index contributed by atoms with van der Waals surface area (Å²) in [6.45, 7) is 2.86. The first kappa shape index (κ1) is 22.2. The van der Waals surface area contributed by atoms with E-state index in [2.05, 4.69) is 0 Å². The predicted molar refractivity (Wildman–Crippen MR) is 121 cm³/mol. The Balaban J connectivity index is 1.51. The minimum atomic E-state index is -0.879. The summed E-state index contributed by atoms with van der Waals surface area (Å²) >= 11 is 0. The molecule has 5 heteroatoms. The van der Waals surface area contributed by atoms with Crippen LogP contribution in [-0.4, -0.2) is 30.4 Å². The summed E-state index contributed by atoms with van der Waals surface area (Å²) in [7, 11) is 0. The second kappa shape index (κ2) is 11.0. The molecule has 1 fully saturated rings. The first-order chi connectivity index (χ1) is 15.7. The van der Waals surface area contributed by atoms with Gasteiger partial charge in [-0.2, -0.15) is 0 Å². The van der Waals surface area contributed by atoms with Gasteiger partial charge in [-0.1, -0.05) is 91.0 Å². The molecule has 0 spiro atoms. The zero-order valence-electron chi connectivity index (χ0n) is 18.1. The van der Waals surface area contributed by atoms with Crippen molar-refractivity contribution in [2.24, 2.45) is 0 Å². The Kier molecular flexibility index (Phi) is 7.67. The van der Waals surface area contributed by atoms with Crippen molar-refractivity contribution >= 4 is 5.97 Å². The molecule has 1 aliphatic heterocycles. The molecule has 1 aliphatic rings. The molecule has 4 atom stereocenters. The number of carbonyl (C=O) groups is 1. The molecule has 0 radical (unpaired) electrons. The van der Waals surface area contributed by atoms with Gasteiger partial charge in [-0.05, 0) is 23.6 Å². The summed E-state index contributed by atoms with van der Waals surface area (Å²) in [6.07, 6.45) is -2.39. The van der Waals surface area contributed by atoms with Crippen LogP contribution in [0.25, 0.3) is 0 Å². The lowest BCUT2D eigenvalue weighted by Gasteiger charge is -2.40. The van der Waals surface area contributed by atoms with Crippen LogP contribution in [0, 0.1) is 0 Å². The van der Waals surface area contributed by atoms with Gasteiger partial charge in [0, 0.05) is 0 Å². The van der Waals surface area contributed by atoms with E-state index in [-0.39, 0.29) is 6.61 Å². The molecule has 0 aliphatic carbocycles. The lowest BCUT2D eigenvalue weighted by atomic mass is 9.99. The Hall–Kier alpha value is -2.99. The standard InChI is InChI=1S/C27H28O5/c1-20-24(29-17-21-11-5-2-6-12-21)25(30-18-22-13-7-3-8-14-22)26(27(28)32-20)31-19-23-15-9-4-10-16-23/h2-16,20,24-26H,17-19H2,1H3/t20-,24-,25+,26-/m0/s1. The fourth-order valence-corrected chi connectivity index (χ4v) is 3.76. The molecule has 1 heterocycles. The van der Waals surface area contributed by atoms with Crippen molar-refractivity contribution < 1.29 is 23.7 Å². The number of cyclic esters (lactones) is 1. The van der Waals surface area contributed by atoms with Crippen LogP contribution in [0.2, 0.25) is 0 Å². The van der Waals surface area contributed by atoms with Crippen molar-refractivity contribution in [1.82, 2.24) is 0 Å². The van der Waals surface area contributed by atoms with Crippen LogP contribution in [0.5, 0.6) is 0 Å². The molecular weight excluding hydrogens is 404 g/mol. The summed E-state index contributed by atoms with van der Waals surface area (Å²) in [5.74, 6) is -0.425. The Bertz CT molecular complexity index is 961. The van der Waals surface area contributed by atoms with Crippen molar-refractivity contribution in [3.8, 4) is 0 Å². The number of esters is 1. The van der Waals surface area contributed by atoms with E-state index in [0.717, 1.165) is 16.7 Å². The fourth-order valence-electron chi connectivity index (χ4n) is 3.76. The Labute approximate surface area is 188 Å². The number of hydrogen-bond donors (Lipinski definition) is 0. The highest BCUT2D eigenvalue weighted by atomic mass is 16.6. The third-order valence-electron chi connectivity index (χ3n) is 5.46. The maximum Gasteiger partial charge on any atom is 0.338 e. The molecular formula is C27H28O5.